The zero-order chi connectivity index (χ0) is 14.7. The molecule has 3 aromatic carbocycles. The number of aliphatic hydroxyl groups is 1. The predicted molar refractivity (Wildman–Crippen MR) is 89.8 cm³/mol. The first kappa shape index (κ1) is 14.2. The van der Waals surface area contributed by atoms with E-state index in [1.54, 1.807) is 11.8 Å². The van der Waals surface area contributed by atoms with Crippen LogP contribution in [0.1, 0.15) is 25.0 Å². The number of aliphatic hydroxyl groups excluding tert-OH is 1. The van der Waals surface area contributed by atoms with Gasteiger partial charge >= 0.3 is 0 Å². The van der Waals surface area contributed by atoms with Crippen LogP contribution in [0.2, 0.25) is 0 Å². The number of fused-ring (bicyclic) bond motifs is 1. The normalized spacial score (nSPS) is 12.5. The summed E-state index contributed by atoms with van der Waals surface area (Å²) in [5.74, 6) is 0. The molecule has 0 saturated carbocycles. The molecular weight excluding hydrogens is 276 g/mol. The zero-order valence-electron chi connectivity index (χ0n) is 12.0. The molecule has 0 aliphatic carbocycles. The van der Waals surface area contributed by atoms with Gasteiger partial charge in [-0.3, -0.25) is 0 Å². The van der Waals surface area contributed by atoms with Gasteiger partial charge in [-0.25, -0.2) is 0 Å². The Morgan fingerprint density at radius 1 is 0.905 bits per heavy atom. The maximum Gasteiger partial charge on any atom is 0.0798 e. The van der Waals surface area contributed by atoms with Crippen molar-refractivity contribution in [2.45, 2.75) is 29.2 Å². The van der Waals surface area contributed by atoms with Gasteiger partial charge in [0.15, 0.2) is 0 Å². The van der Waals surface area contributed by atoms with E-state index in [9.17, 15) is 5.11 Å². The van der Waals surface area contributed by atoms with Gasteiger partial charge in [0.25, 0.3) is 0 Å². The second-order valence-corrected chi connectivity index (χ2v) is 6.19. The molecule has 2 heteroatoms. The molecule has 1 nitrogen and oxygen atoms in total. The fourth-order valence-corrected chi connectivity index (χ4v) is 3.47. The average molecular weight is 294 g/mol. The van der Waals surface area contributed by atoms with E-state index in [-0.39, 0.29) is 0 Å². The molecule has 0 aliphatic heterocycles. The number of rotatable bonds is 4. The predicted octanol–water partition coefficient (Wildman–Crippen LogP) is 5.43. The molecule has 3 rings (SSSR count). The second-order valence-electron chi connectivity index (χ2n) is 5.07. The van der Waals surface area contributed by atoms with Crippen LogP contribution in [0.15, 0.2) is 76.5 Å². The quantitative estimate of drug-likeness (QED) is 0.692. The Balaban J connectivity index is 1.95. The molecule has 0 spiro atoms. The molecule has 21 heavy (non-hydrogen) atoms. The molecule has 0 bridgehead atoms. The zero-order valence-corrected chi connectivity index (χ0v) is 12.8. The first-order valence-electron chi connectivity index (χ1n) is 7.21. The van der Waals surface area contributed by atoms with Crippen molar-refractivity contribution in [3.63, 3.8) is 0 Å². The van der Waals surface area contributed by atoms with Gasteiger partial charge in [0, 0.05) is 9.79 Å². The molecule has 1 N–H and O–H groups in total. The third kappa shape index (κ3) is 3.12. The highest BCUT2D eigenvalue weighted by molar-refractivity contribution is 7.99. The summed E-state index contributed by atoms with van der Waals surface area (Å²) in [5, 5.41) is 12.6. The van der Waals surface area contributed by atoms with E-state index in [0.29, 0.717) is 0 Å². The van der Waals surface area contributed by atoms with Gasteiger partial charge in [-0.1, -0.05) is 67.2 Å². The molecule has 0 saturated heterocycles. The van der Waals surface area contributed by atoms with Crippen molar-refractivity contribution in [2.75, 3.05) is 0 Å². The fraction of sp³-hybridized carbons (Fsp3) is 0.158. The third-order valence-electron chi connectivity index (χ3n) is 3.61. The van der Waals surface area contributed by atoms with Crippen molar-refractivity contribution in [2.24, 2.45) is 0 Å². The number of hydrogen-bond acceptors (Lipinski definition) is 2. The summed E-state index contributed by atoms with van der Waals surface area (Å²) in [7, 11) is 0. The van der Waals surface area contributed by atoms with Crippen LogP contribution >= 0.6 is 11.8 Å². The Morgan fingerprint density at radius 2 is 1.62 bits per heavy atom. The monoisotopic (exact) mass is 294 g/mol. The van der Waals surface area contributed by atoms with Crippen LogP contribution in [0.3, 0.4) is 0 Å². The van der Waals surface area contributed by atoms with E-state index in [2.05, 4.69) is 48.5 Å². The molecule has 0 radical (unpaired) electrons. The Kier molecular flexibility index (Phi) is 4.28. The Hall–Kier alpha value is -1.77. The van der Waals surface area contributed by atoms with E-state index in [0.717, 1.165) is 16.9 Å². The van der Waals surface area contributed by atoms with Crippen molar-refractivity contribution >= 4 is 22.5 Å². The summed E-state index contributed by atoms with van der Waals surface area (Å²) < 4.78 is 0. The van der Waals surface area contributed by atoms with Gasteiger partial charge in [0.05, 0.1) is 6.10 Å². The van der Waals surface area contributed by atoms with Crippen LogP contribution < -0.4 is 0 Å². The number of hydrogen-bond donors (Lipinski definition) is 1. The van der Waals surface area contributed by atoms with Gasteiger partial charge < -0.3 is 5.11 Å². The first-order chi connectivity index (χ1) is 10.3. The van der Waals surface area contributed by atoms with E-state index in [4.69, 9.17) is 0 Å². The lowest BCUT2D eigenvalue weighted by Crippen LogP contribution is -1.96. The standard InChI is InChI=1S/C19H18OS/c1-2-18(20)17-9-5-6-10-19(17)21-16-12-11-14-7-3-4-8-15(14)13-16/h3-13,18,20H,2H2,1H3/t18-/m1/s1. The van der Waals surface area contributed by atoms with Gasteiger partial charge in [0.1, 0.15) is 0 Å². The van der Waals surface area contributed by atoms with E-state index >= 15 is 0 Å². The van der Waals surface area contributed by atoms with Crippen molar-refractivity contribution < 1.29 is 5.11 Å². The van der Waals surface area contributed by atoms with Crippen molar-refractivity contribution in [1.82, 2.24) is 0 Å². The molecule has 0 aromatic heterocycles. The van der Waals surface area contributed by atoms with Crippen LogP contribution in [-0.2, 0) is 0 Å². The van der Waals surface area contributed by atoms with Crippen LogP contribution in [0.4, 0.5) is 0 Å². The lowest BCUT2D eigenvalue weighted by atomic mass is 10.1. The van der Waals surface area contributed by atoms with Gasteiger partial charge in [-0.15, -0.1) is 0 Å². The lowest BCUT2D eigenvalue weighted by molar-refractivity contribution is 0.171. The lowest BCUT2D eigenvalue weighted by Gasteiger charge is -2.13. The molecule has 0 fully saturated rings. The minimum absolute atomic E-state index is 0.394. The molecule has 106 valence electrons. The van der Waals surface area contributed by atoms with Crippen molar-refractivity contribution in [3.8, 4) is 0 Å². The fourth-order valence-electron chi connectivity index (χ4n) is 2.43. The first-order valence-corrected chi connectivity index (χ1v) is 8.03. The highest BCUT2D eigenvalue weighted by Gasteiger charge is 2.11. The summed E-state index contributed by atoms with van der Waals surface area (Å²) in [4.78, 5) is 2.33. The van der Waals surface area contributed by atoms with Crippen LogP contribution in [0.5, 0.6) is 0 Å². The van der Waals surface area contributed by atoms with Gasteiger partial charge in [-0.2, -0.15) is 0 Å². The molecule has 0 amide bonds. The smallest absolute Gasteiger partial charge is 0.0798 e. The second kappa shape index (κ2) is 6.33. The molecule has 3 aromatic rings. The maximum atomic E-state index is 10.1. The molecule has 1 atom stereocenters. The molecule has 0 heterocycles. The highest BCUT2D eigenvalue weighted by atomic mass is 32.2. The van der Waals surface area contributed by atoms with E-state index < -0.39 is 6.10 Å². The minimum Gasteiger partial charge on any atom is -0.388 e. The highest BCUT2D eigenvalue weighted by Crippen LogP contribution is 2.35. The van der Waals surface area contributed by atoms with Gasteiger partial charge in [-0.05, 0) is 41.0 Å². The van der Waals surface area contributed by atoms with Crippen LogP contribution in [0, 0.1) is 0 Å². The average Bonchev–Trinajstić information content (AvgIpc) is 2.54. The molecule has 0 aliphatic rings. The Morgan fingerprint density at radius 3 is 2.43 bits per heavy atom. The van der Waals surface area contributed by atoms with Crippen LogP contribution in [0.25, 0.3) is 10.8 Å². The van der Waals surface area contributed by atoms with Crippen LogP contribution in [-0.4, -0.2) is 5.11 Å². The van der Waals surface area contributed by atoms with E-state index in [1.165, 1.54) is 15.7 Å². The summed E-state index contributed by atoms with van der Waals surface area (Å²) in [6, 6.07) is 23.0. The Labute approximate surface area is 129 Å². The Bertz CT molecular complexity index is 751. The molecule has 0 unspecified atom stereocenters. The SMILES string of the molecule is CC[C@@H](O)c1ccccc1Sc1ccc2ccccc2c1. The molecular formula is C19H18OS. The van der Waals surface area contributed by atoms with Crippen molar-refractivity contribution in [1.29, 1.82) is 0 Å². The topological polar surface area (TPSA) is 20.2 Å². The van der Waals surface area contributed by atoms with Crippen molar-refractivity contribution in [3.05, 3.63) is 72.3 Å². The van der Waals surface area contributed by atoms with Gasteiger partial charge in [0.2, 0.25) is 0 Å². The maximum absolute atomic E-state index is 10.1. The summed E-state index contributed by atoms with van der Waals surface area (Å²) in [6.07, 6.45) is 0.337. The third-order valence-corrected chi connectivity index (χ3v) is 4.69. The summed E-state index contributed by atoms with van der Waals surface area (Å²) in [5.41, 5.74) is 1.01. The summed E-state index contributed by atoms with van der Waals surface area (Å²) in [6.45, 7) is 2.00. The largest absolute Gasteiger partial charge is 0.388 e. The van der Waals surface area contributed by atoms with E-state index in [1.807, 2.05) is 25.1 Å². The summed E-state index contributed by atoms with van der Waals surface area (Å²) >= 11 is 1.71. The number of benzene rings is 3. The minimum atomic E-state index is -0.394.